The zero-order valence-corrected chi connectivity index (χ0v) is 20.5. The summed E-state index contributed by atoms with van der Waals surface area (Å²) in [5.41, 5.74) is 4.18. The van der Waals surface area contributed by atoms with Gasteiger partial charge in [0.1, 0.15) is 30.3 Å². The molecule has 0 aromatic heterocycles. The zero-order chi connectivity index (χ0) is 25.7. The van der Waals surface area contributed by atoms with Gasteiger partial charge in [0.2, 0.25) is 0 Å². The van der Waals surface area contributed by atoms with Crippen molar-refractivity contribution >= 4 is 29.6 Å². The maximum absolute atomic E-state index is 13.0. The van der Waals surface area contributed by atoms with Crippen LogP contribution < -0.4 is 19.7 Å². The number of carbonyl (C=O) groups excluding carboxylic acids is 3. The maximum atomic E-state index is 13.0. The van der Waals surface area contributed by atoms with Crippen molar-refractivity contribution in [2.24, 2.45) is 0 Å². The summed E-state index contributed by atoms with van der Waals surface area (Å²) >= 11 is 0. The second kappa shape index (κ2) is 10.9. The van der Waals surface area contributed by atoms with Crippen LogP contribution in [0.1, 0.15) is 29.2 Å². The Morgan fingerprint density at radius 1 is 0.833 bits per heavy atom. The molecule has 0 unspecified atom stereocenters. The molecule has 1 heterocycles. The first-order chi connectivity index (χ1) is 17.3. The van der Waals surface area contributed by atoms with E-state index in [0.29, 0.717) is 30.2 Å². The van der Waals surface area contributed by atoms with Gasteiger partial charge >= 0.3 is 6.03 Å². The normalized spacial score (nSPS) is 14.7. The second-order valence-corrected chi connectivity index (χ2v) is 8.57. The molecule has 7 heteroatoms. The number of barbiturate groups is 1. The van der Waals surface area contributed by atoms with Crippen LogP contribution in [-0.2, 0) is 16.0 Å². The fraction of sp³-hybridized carbons (Fsp3) is 0.207. The van der Waals surface area contributed by atoms with Gasteiger partial charge in [-0.1, -0.05) is 37.3 Å². The van der Waals surface area contributed by atoms with Gasteiger partial charge in [-0.25, -0.2) is 9.69 Å². The molecular formula is C29H28N2O5. The molecule has 0 spiro atoms. The van der Waals surface area contributed by atoms with Gasteiger partial charge in [-0.3, -0.25) is 14.9 Å². The van der Waals surface area contributed by atoms with Crippen LogP contribution in [0.15, 0.2) is 72.3 Å². The van der Waals surface area contributed by atoms with Crippen molar-refractivity contribution in [3.8, 4) is 11.5 Å². The maximum Gasteiger partial charge on any atom is 0.335 e. The van der Waals surface area contributed by atoms with E-state index in [1.807, 2.05) is 32.0 Å². The molecule has 0 atom stereocenters. The van der Waals surface area contributed by atoms with Gasteiger partial charge in [0.05, 0.1) is 5.69 Å². The summed E-state index contributed by atoms with van der Waals surface area (Å²) in [6.45, 7) is 6.78. The summed E-state index contributed by atoms with van der Waals surface area (Å²) in [4.78, 5) is 38.7. The largest absolute Gasteiger partial charge is 0.490 e. The minimum Gasteiger partial charge on any atom is -0.490 e. The van der Waals surface area contributed by atoms with E-state index in [4.69, 9.17) is 9.47 Å². The van der Waals surface area contributed by atoms with Crippen molar-refractivity contribution in [1.29, 1.82) is 0 Å². The van der Waals surface area contributed by atoms with E-state index in [2.05, 4.69) is 18.3 Å². The van der Waals surface area contributed by atoms with Crippen LogP contribution in [0, 0.1) is 13.8 Å². The van der Waals surface area contributed by atoms with Gasteiger partial charge in [0.25, 0.3) is 11.8 Å². The highest BCUT2D eigenvalue weighted by Gasteiger charge is 2.36. The molecule has 4 amide bonds. The van der Waals surface area contributed by atoms with E-state index in [1.54, 1.807) is 42.5 Å². The Morgan fingerprint density at radius 2 is 1.56 bits per heavy atom. The first kappa shape index (κ1) is 24.7. The molecule has 3 aromatic rings. The average molecular weight is 485 g/mol. The molecule has 1 saturated heterocycles. The number of hydrogen-bond donors (Lipinski definition) is 1. The molecule has 0 bridgehead atoms. The third-order valence-electron chi connectivity index (χ3n) is 5.69. The number of imide groups is 2. The summed E-state index contributed by atoms with van der Waals surface area (Å²) in [5, 5.41) is 2.24. The van der Waals surface area contributed by atoms with E-state index in [-0.39, 0.29) is 5.57 Å². The van der Waals surface area contributed by atoms with E-state index >= 15 is 0 Å². The Hall–Kier alpha value is -4.39. The molecule has 1 fully saturated rings. The number of nitrogens with one attached hydrogen (secondary N) is 1. The topological polar surface area (TPSA) is 84.9 Å². The summed E-state index contributed by atoms with van der Waals surface area (Å²) in [6.07, 6.45) is 2.41. The first-order valence-electron chi connectivity index (χ1n) is 11.8. The third-order valence-corrected chi connectivity index (χ3v) is 5.69. The van der Waals surface area contributed by atoms with Crippen molar-refractivity contribution in [1.82, 2.24) is 5.32 Å². The van der Waals surface area contributed by atoms with Crippen LogP contribution in [0.4, 0.5) is 10.5 Å². The van der Waals surface area contributed by atoms with Crippen molar-refractivity contribution in [2.75, 3.05) is 18.1 Å². The van der Waals surface area contributed by atoms with E-state index in [1.165, 1.54) is 11.6 Å². The Morgan fingerprint density at radius 3 is 2.25 bits per heavy atom. The number of ether oxygens (including phenoxy) is 2. The molecule has 0 aliphatic carbocycles. The van der Waals surface area contributed by atoms with Gasteiger partial charge in [0.15, 0.2) is 0 Å². The number of rotatable bonds is 8. The highest BCUT2D eigenvalue weighted by Crippen LogP contribution is 2.23. The number of amides is 4. The molecule has 0 saturated carbocycles. The van der Waals surface area contributed by atoms with Gasteiger partial charge in [-0.2, -0.15) is 0 Å². The highest BCUT2D eigenvalue weighted by molar-refractivity contribution is 6.39. The van der Waals surface area contributed by atoms with Crippen LogP contribution in [0.25, 0.3) is 6.08 Å². The number of benzene rings is 3. The lowest BCUT2D eigenvalue weighted by Gasteiger charge is -2.26. The van der Waals surface area contributed by atoms with Gasteiger partial charge in [-0.05, 0) is 85.0 Å². The van der Waals surface area contributed by atoms with E-state index in [0.717, 1.165) is 28.2 Å². The van der Waals surface area contributed by atoms with Crippen LogP contribution >= 0.6 is 0 Å². The van der Waals surface area contributed by atoms with Crippen molar-refractivity contribution < 1.29 is 23.9 Å². The number of hydrogen-bond acceptors (Lipinski definition) is 5. The smallest absolute Gasteiger partial charge is 0.335 e. The molecule has 184 valence electrons. The van der Waals surface area contributed by atoms with E-state index < -0.39 is 17.8 Å². The molecular weight excluding hydrogens is 456 g/mol. The Balaban J connectivity index is 1.39. The molecule has 0 radical (unpaired) electrons. The fourth-order valence-electron chi connectivity index (χ4n) is 3.92. The first-order valence-corrected chi connectivity index (χ1v) is 11.8. The molecule has 1 aliphatic heterocycles. The second-order valence-electron chi connectivity index (χ2n) is 8.57. The van der Waals surface area contributed by atoms with Crippen LogP contribution in [0.3, 0.4) is 0 Å². The van der Waals surface area contributed by atoms with Crippen LogP contribution in [0.5, 0.6) is 11.5 Å². The number of nitrogens with zero attached hydrogens (tertiary/aromatic N) is 1. The molecule has 3 aromatic carbocycles. The van der Waals surface area contributed by atoms with Crippen molar-refractivity contribution in [3.05, 3.63) is 94.6 Å². The molecule has 1 aliphatic rings. The van der Waals surface area contributed by atoms with Crippen molar-refractivity contribution in [2.45, 2.75) is 27.2 Å². The number of carbonyl (C=O) groups is 3. The van der Waals surface area contributed by atoms with E-state index in [9.17, 15) is 14.4 Å². The summed E-state index contributed by atoms with van der Waals surface area (Å²) in [5.74, 6) is 0.0595. The quantitative estimate of drug-likeness (QED) is 0.277. The average Bonchev–Trinajstić information content (AvgIpc) is 2.85. The highest BCUT2D eigenvalue weighted by atomic mass is 16.5. The minimum atomic E-state index is -0.768. The lowest BCUT2D eigenvalue weighted by Crippen LogP contribution is -2.54. The van der Waals surface area contributed by atoms with Gasteiger partial charge in [0, 0.05) is 0 Å². The number of urea groups is 1. The molecule has 4 rings (SSSR count). The summed E-state index contributed by atoms with van der Waals surface area (Å²) in [6, 6.07) is 19.4. The SMILES string of the molecule is CCc1cc(C)cc(OCCOc2ccc(C=C3C(=O)NC(=O)N(c4cccc(C)c4)C3=O)cc2)c1. The van der Waals surface area contributed by atoms with Gasteiger partial charge in [-0.15, -0.1) is 0 Å². The Labute approximate surface area is 210 Å². The van der Waals surface area contributed by atoms with Crippen LogP contribution in [-0.4, -0.2) is 31.1 Å². The molecule has 1 N–H and O–H groups in total. The molecule has 36 heavy (non-hydrogen) atoms. The van der Waals surface area contributed by atoms with Crippen LogP contribution in [0.2, 0.25) is 0 Å². The van der Waals surface area contributed by atoms with Crippen molar-refractivity contribution in [3.63, 3.8) is 0 Å². The Kier molecular flexibility index (Phi) is 7.49. The summed E-state index contributed by atoms with van der Waals surface area (Å²) in [7, 11) is 0. The molecule has 7 nitrogen and oxygen atoms in total. The van der Waals surface area contributed by atoms with Gasteiger partial charge < -0.3 is 9.47 Å². The number of anilines is 1. The lowest BCUT2D eigenvalue weighted by molar-refractivity contribution is -0.122. The Bertz CT molecular complexity index is 1330. The lowest BCUT2D eigenvalue weighted by atomic mass is 10.1. The zero-order valence-electron chi connectivity index (χ0n) is 20.5. The minimum absolute atomic E-state index is 0.122. The summed E-state index contributed by atoms with van der Waals surface area (Å²) < 4.78 is 11.6. The standard InChI is InChI=1S/C29H28N2O5/c1-4-21-14-20(3)16-25(17-21)36-13-12-35-24-10-8-22(9-11-24)18-26-27(32)30-29(34)31(28(26)33)23-7-5-6-19(2)15-23/h5-11,14-18H,4,12-13H2,1-3H3,(H,30,32,34). The monoisotopic (exact) mass is 484 g/mol. The fourth-order valence-corrected chi connectivity index (χ4v) is 3.92. The predicted molar refractivity (Wildman–Crippen MR) is 138 cm³/mol. The third kappa shape index (κ3) is 5.81. The predicted octanol–water partition coefficient (Wildman–Crippen LogP) is 4.99. The number of aryl methyl sites for hydroxylation is 3.